The first-order chi connectivity index (χ1) is 16.6. The van der Waals surface area contributed by atoms with Crippen LogP contribution in [-0.4, -0.2) is 36.3 Å². The second-order valence-corrected chi connectivity index (χ2v) is 12.9. The van der Waals surface area contributed by atoms with Crippen molar-refractivity contribution in [3.8, 4) is 0 Å². The van der Waals surface area contributed by atoms with Crippen LogP contribution in [-0.2, 0) is 11.2 Å². The molecule has 1 aromatic carbocycles. The Balaban J connectivity index is 1.25. The lowest BCUT2D eigenvalue weighted by Gasteiger charge is -2.60. The highest BCUT2D eigenvalue weighted by Crippen LogP contribution is 2.65. The summed E-state index contributed by atoms with van der Waals surface area (Å²) in [6.07, 6.45) is 12.5. The monoisotopic (exact) mass is 476 g/mol. The van der Waals surface area contributed by atoms with E-state index in [0.717, 1.165) is 36.8 Å². The molecule has 1 heterocycles. The maximum absolute atomic E-state index is 12.9. The maximum atomic E-state index is 12.9. The molecule has 4 aliphatic rings. The van der Waals surface area contributed by atoms with Gasteiger partial charge < -0.3 is 10.2 Å². The molecule has 1 aliphatic heterocycles. The van der Waals surface area contributed by atoms with E-state index in [-0.39, 0.29) is 17.2 Å². The number of nitrogens with one attached hydrogen (secondary N) is 1. The fraction of sp³-hybridized carbons (Fsp3) is 0.677. The smallest absolute Gasteiger partial charge is 0.251 e. The number of amides is 2. The predicted molar refractivity (Wildman–Crippen MR) is 141 cm³/mol. The van der Waals surface area contributed by atoms with E-state index in [4.69, 9.17) is 0 Å². The van der Waals surface area contributed by atoms with Gasteiger partial charge in [0.2, 0.25) is 5.91 Å². The van der Waals surface area contributed by atoms with Gasteiger partial charge in [-0.05, 0) is 104 Å². The second-order valence-electron chi connectivity index (χ2n) is 12.9. The molecule has 3 saturated carbocycles. The molecule has 2 amide bonds. The van der Waals surface area contributed by atoms with Crippen LogP contribution in [0.1, 0.15) is 82.1 Å². The van der Waals surface area contributed by atoms with Crippen LogP contribution in [0.25, 0.3) is 0 Å². The van der Waals surface area contributed by atoms with Crippen LogP contribution < -0.4 is 5.32 Å². The first-order valence-electron chi connectivity index (χ1n) is 14.0. The quantitative estimate of drug-likeness (QED) is 0.578. The molecule has 0 radical (unpaired) electrons. The summed E-state index contributed by atoms with van der Waals surface area (Å²) in [6.45, 7) is 10.2. The van der Waals surface area contributed by atoms with Crippen molar-refractivity contribution in [2.45, 2.75) is 78.7 Å². The van der Waals surface area contributed by atoms with Gasteiger partial charge >= 0.3 is 0 Å². The highest BCUT2D eigenvalue weighted by atomic mass is 16.2. The van der Waals surface area contributed by atoms with E-state index in [2.05, 4.69) is 51.2 Å². The third kappa shape index (κ3) is 4.15. The van der Waals surface area contributed by atoms with Crippen molar-refractivity contribution in [3.63, 3.8) is 0 Å². The topological polar surface area (TPSA) is 49.4 Å². The molecule has 0 unspecified atom stereocenters. The van der Waals surface area contributed by atoms with Gasteiger partial charge in [-0.2, -0.15) is 0 Å². The van der Waals surface area contributed by atoms with Crippen LogP contribution in [0.2, 0.25) is 0 Å². The number of carbonyl (C=O) groups is 2. The number of nitrogens with zero attached hydrogens (tertiary/aromatic N) is 1. The first kappa shape index (κ1) is 24.6. The van der Waals surface area contributed by atoms with E-state index < -0.39 is 0 Å². The van der Waals surface area contributed by atoms with E-state index >= 15 is 0 Å². The third-order valence-electron chi connectivity index (χ3n) is 10.7. The standard InChI is InChI=1S/C31H44N2O2/c1-20(2)18-21-6-8-22(9-7-21)29(35)32-19-23-10-12-25-24-11-13-27-31(4,17-15-28(34)33(27)5)26(24)14-16-30(23,25)3/h6-9,15,17,20,23-27H,10-14,16,18-19H2,1-5H3,(H,32,35)/t23-,24+,25+,26+,27-,30-,31-/m1/s1. The molecule has 1 aromatic rings. The van der Waals surface area contributed by atoms with Crippen LogP contribution in [0.15, 0.2) is 36.4 Å². The van der Waals surface area contributed by atoms with Gasteiger partial charge in [0.1, 0.15) is 0 Å². The van der Waals surface area contributed by atoms with E-state index in [1.807, 2.05) is 30.2 Å². The van der Waals surface area contributed by atoms with E-state index in [1.165, 1.54) is 37.7 Å². The summed E-state index contributed by atoms with van der Waals surface area (Å²) < 4.78 is 0. The average molecular weight is 477 g/mol. The summed E-state index contributed by atoms with van der Waals surface area (Å²) in [6, 6.07) is 8.51. The van der Waals surface area contributed by atoms with Gasteiger partial charge in [0.25, 0.3) is 5.91 Å². The van der Waals surface area contributed by atoms with Crippen molar-refractivity contribution >= 4 is 11.8 Å². The van der Waals surface area contributed by atoms with Gasteiger partial charge in [-0.15, -0.1) is 0 Å². The number of hydrogen-bond donors (Lipinski definition) is 1. The molecule has 5 rings (SSSR count). The number of benzene rings is 1. The number of rotatable bonds is 5. The van der Waals surface area contributed by atoms with Crippen molar-refractivity contribution in [2.75, 3.05) is 13.6 Å². The van der Waals surface area contributed by atoms with Crippen molar-refractivity contribution < 1.29 is 9.59 Å². The molecule has 0 spiro atoms. The number of fused-ring (bicyclic) bond motifs is 5. The Kier molecular flexibility index (Phi) is 6.38. The van der Waals surface area contributed by atoms with Crippen molar-refractivity contribution in [1.82, 2.24) is 10.2 Å². The number of likely N-dealkylation sites (N-methyl/N-ethyl adjacent to an activating group) is 1. The molecule has 3 fully saturated rings. The highest BCUT2D eigenvalue weighted by Gasteiger charge is 2.60. The van der Waals surface area contributed by atoms with Crippen LogP contribution >= 0.6 is 0 Å². The lowest BCUT2D eigenvalue weighted by atomic mass is 9.47. The van der Waals surface area contributed by atoms with E-state index in [0.29, 0.717) is 29.2 Å². The average Bonchev–Trinajstić information content (AvgIpc) is 3.16. The largest absolute Gasteiger partial charge is 0.352 e. The van der Waals surface area contributed by atoms with E-state index in [1.54, 1.807) is 0 Å². The molecule has 0 aromatic heterocycles. The maximum Gasteiger partial charge on any atom is 0.251 e. The first-order valence-corrected chi connectivity index (χ1v) is 14.0. The summed E-state index contributed by atoms with van der Waals surface area (Å²) in [7, 11) is 1.99. The molecule has 7 atom stereocenters. The summed E-state index contributed by atoms with van der Waals surface area (Å²) in [5, 5.41) is 3.30. The van der Waals surface area contributed by atoms with Gasteiger partial charge in [-0.1, -0.05) is 45.9 Å². The number of carbonyl (C=O) groups excluding carboxylic acids is 2. The predicted octanol–water partition coefficient (Wildman–Crippen LogP) is 5.87. The van der Waals surface area contributed by atoms with Crippen LogP contribution in [0, 0.1) is 40.4 Å². The number of hydrogen-bond acceptors (Lipinski definition) is 2. The Hall–Kier alpha value is -2.10. The van der Waals surface area contributed by atoms with Gasteiger partial charge in [-0.25, -0.2) is 0 Å². The zero-order valence-electron chi connectivity index (χ0n) is 22.3. The summed E-state index contributed by atoms with van der Waals surface area (Å²) in [4.78, 5) is 27.3. The third-order valence-corrected chi connectivity index (χ3v) is 10.7. The Morgan fingerprint density at radius 1 is 1.06 bits per heavy atom. The lowest BCUT2D eigenvalue weighted by molar-refractivity contribution is -0.138. The molecule has 190 valence electrons. The van der Waals surface area contributed by atoms with Gasteiger partial charge in [0.15, 0.2) is 0 Å². The van der Waals surface area contributed by atoms with Crippen molar-refractivity contribution in [3.05, 3.63) is 47.5 Å². The summed E-state index contributed by atoms with van der Waals surface area (Å²) >= 11 is 0. The van der Waals surface area contributed by atoms with Crippen LogP contribution in [0.4, 0.5) is 0 Å². The van der Waals surface area contributed by atoms with Crippen LogP contribution in [0.3, 0.4) is 0 Å². The van der Waals surface area contributed by atoms with Crippen LogP contribution in [0.5, 0.6) is 0 Å². The lowest BCUT2D eigenvalue weighted by Crippen LogP contribution is -2.59. The zero-order chi connectivity index (χ0) is 25.0. The minimum atomic E-state index is 0.0647. The molecule has 3 aliphatic carbocycles. The van der Waals surface area contributed by atoms with E-state index in [9.17, 15) is 9.59 Å². The summed E-state index contributed by atoms with van der Waals surface area (Å²) in [5.74, 6) is 3.52. The normalized spacial score (nSPS) is 38.2. The molecule has 35 heavy (non-hydrogen) atoms. The van der Waals surface area contributed by atoms with Gasteiger partial charge in [-0.3, -0.25) is 9.59 Å². The molecule has 0 saturated heterocycles. The molecule has 4 heteroatoms. The fourth-order valence-electron chi connectivity index (χ4n) is 8.76. The van der Waals surface area contributed by atoms with Gasteiger partial charge in [0, 0.05) is 30.6 Å². The Bertz CT molecular complexity index is 998. The Morgan fingerprint density at radius 3 is 2.51 bits per heavy atom. The molecule has 1 N–H and O–H groups in total. The minimum Gasteiger partial charge on any atom is -0.352 e. The SMILES string of the molecule is CC(C)Cc1ccc(C(=O)NC[C@H]2CC[C@H]3[C@@H]4CC[C@H]5N(C)C(=O)C=C[C@]5(C)[C@H]4CC[C@]23C)cc1. The van der Waals surface area contributed by atoms with Crippen molar-refractivity contribution in [1.29, 1.82) is 0 Å². The minimum absolute atomic E-state index is 0.0647. The molecular formula is C31H44N2O2. The zero-order valence-corrected chi connectivity index (χ0v) is 22.3. The fourth-order valence-corrected chi connectivity index (χ4v) is 8.76. The molecular weight excluding hydrogens is 432 g/mol. The molecule has 0 bridgehead atoms. The Labute approximate surface area is 211 Å². The van der Waals surface area contributed by atoms with Gasteiger partial charge in [0.05, 0.1) is 0 Å². The Morgan fingerprint density at radius 2 is 1.80 bits per heavy atom. The van der Waals surface area contributed by atoms with Crippen molar-refractivity contribution in [2.24, 2.45) is 40.4 Å². The molecule has 4 nitrogen and oxygen atoms in total. The second kappa shape index (κ2) is 9.09. The highest BCUT2D eigenvalue weighted by molar-refractivity contribution is 5.94. The summed E-state index contributed by atoms with van der Waals surface area (Å²) in [5.41, 5.74) is 2.47.